The molecule has 0 spiro atoms. The van der Waals surface area contributed by atoms with Gasteiger partial charge in [-0.05, 0) is 70.5 Å². The fourth-order valence-electron chi connectivity index (χ4n) is 4.05. The van der Waals surface area contributed by atoms with E-state index in [2.05, 4.69) is 5.32 Å². The van der Waals surface area contributed by atoms with Crippen LogP contribution in [-0.2, 0) is 26.2 Å². The number of nitrogens with one attached hydrogen (secondary N) is 1. The second-order valence-electron chi connectivity index (χ2n) is 10.6. The van der Waals surface area contributed by atoms with E-state index in [1.807, 2.05) is 58.0 Å². The minimum Gasteiger partial charge on any atom is -0.495 e. The Morgan fingerprint density at radius 2 is 1.62 bits per heavy atom. The van der Waals surface area contributed by atoms with E-state index in [1.54, 1.807) is 31.2 Å². The molecule has 0 radical (unpaired) electrons. The molecule has 10 heteroatoms. The fraction of sp³-hybridized carbons (Fsp3) is 0.333. The lowest BCUT2D eigenvalue weighted by molar-refractivity contribution is -0.140. The van der Waals surface area contributed by atoms with E-state index < -0.39 is 34.1 Å². The van der Waals surface area contributed by atoms with Crippen LogP contribution in [0.4, 0.5) is 5.69 Å². The van der Waals surface area contributed by atoms with Crippen LogP contribution in [0.25, 0.3) is 0 Å². The first-order valence-corrected chi connectivity index (χ1v) is 14.6. The molecule has 0 aromatic heterocycles. The van der Waals surface area contributed by atoms with Crippen LogP contribution >= 0.6 is 11.6 Å². The number of methoxy groups -OCH3 is 1. The van der Waals surface area contributed by atoms with Gasteiger partial charge in [-0.25, -0.2) is 8.42 Å². The number of sulfonamides is 1. The van der Waals surface area contributed by atoms with E-state index in [0.29, 0.717) is 0 Å². The number of benzene rings is 3. The van der Waals surface area contributed by atoms with Crippen LogP contribution in [0.3, 0.4) is 0 Å². The second kappa shape index (κ2) is 12.7. The van der Waals surface area contributed by atoms with Gasteiger partial charge in [-0.1, -0.05) is 59.6 Å². The standard InChI is InChI=1S/C30H36ClN3O5S/c1-21-12-15-25(16-13-21)40(37,38)34(26-18-24(31)14-17-27(26)39-6)20-28(35)33(19-23-10-8-7-9-11-23)22(2)29(36)32-30(3,4)5/h7-18,22H,19-20H2,1-6H3,(H,32,36)/t22-/m0/s1. The molecule has 3 rings (SSSR count). The number of halogens is 1. The monoisotopic (exact) mass is 585 g/mol. The molecule has 0 bridgehead atoms. The maximum Gasteiger partial charge on any atom is 0.264 e. The number of hydrogen-bond acceptors (Lipinski definition) is 5. The predicted molar refractivity (Wildman–Crippen MR) is 158 cm³/mol. The number of nitrogens with zero attached hydrogens (tertiary/aromatic N) is 2. The summed E-state index contributed by atoms with van der Waals surface area (Å²) < 4.78 is 34.5. The van der Waals surface area contributed by atoms with Gasteiger partial charge < -0.3 is 15.0 Å². The number of carbonyl (C=O) groups excluding carboxylic acids is 2. The molecule has 40 heavy (non-hydrogen) atoms. The van der Waals surface area contributed by atoms with Gasteiger partial charge in [-0.2, -0.15) is 0 Å². The van der Waals surface area contributed by atoms with Crippen molar-refractivity contribution in [1.82, 2.24) is 10.2 Å². The molecule has 0 aliphatic carbocycles. The first-order valence-electron chi connectivity index (χ1n) is 12.8. The third-order valence-corrected chi connectivity index (χ3v) is 8.17. The molecular weight excluding hydrogens is 550 g/mol. The van der Waals surface area contributed by atoms with Crippen molar-refractivity contribution in [2.75, 3.05) is 18.0 Å². The summed E-state index contributed by atoms with van der Waals surface area (Å²) in [7, 11) is -2.84. The van der Waals surface area contributed by atoms with Crippen LogP contribution in [0.1, 0.15) is 38.8 Å². The van der Waals surface area contributed by atoms with Crippen molar-refractivity contribution < 1.29 is 22.7 Å². The highest BCUT2D eigenvalue weighted by Crippen LogP contribution is 2.35. The molecule has 0 aliphatic rings. The molecule has 3 aromatic carbocycles. The fourth-order valence-corrected chi connectivity index (χ4v) is 5.63. The molecular formula is C30H36ClN3O5S. The van der Waals surface area contributed by atoms with Crippen molar-refractivity contribution in [3.8, 4) is 5.75 Å². The summed E-state index contributed by atoms with van der Waals surface area (Å²) >= 11 is 6.27. The van der Waals surface area contributed by atoms with Crippen molar-refractivity contribution in [2.24, 2.45) is 0 Å². The van der Waals surface area contributed by atoms with Crippen LogP contribution in [-0.4, -0.2) is 50.4 Å². The lowest BCUT2D eigenvalue weighted by Gasteiger charge is -2.33. The third-order valence-electron chi connectivity index (χ3n) is 6.16. The molecule has 0 saturated carbocycles. The number of carbonyl (C=O) groups is 2. The zero-order chi connectivity index (χ0) is 29.7. The van der Waals surface area contributed by atoms with E-state index in [4.69, 9.17) is 16.3 Å². The molecule has 1 N–H and O–H groups in total. The summed E-state index contributed by atoms with van der Waals surface area (Å²) in [5.41, 5.74) is 1.26. The maximum absolute atomic E-state index is 14.0. The lowest BCUT2D eigenvalue weighted by Crippen LogP contribution is -2.54. The molecule has 0 fully saturated rings. The highest BCUT2D eigenvalue weighted by Gasteiger charge is 2.34. The number of anilines is 1. The van der Waals surface area contributed by atoms with Gasteiger partial charge in [-0.15, -0.1) is 0 Å². The number of rotatable bonds is 10. The van der Waals surface area contributed by atoms with E-state index in [9.17, 15) is 18.0 Å². The Kier molecular flexibility index (Phi) is 9.87. The summed E-state index contributed by atoms with van der Waals surface area (Å²) in [6.07, 6.45) is 0. The number of aryl methyl sites for hydroxylation is 1. The number of hydrogen-bond donors (Lipinski definition) is 1. The van der Waals surface area contributed by atoms with Gasteiger partial charge in [0.1, 0.15) is 18.3 Å². The molecule has 0 unspecified atom stereocenters. The van der Waals surface area contributed by atoms with Crippen LogP contribution in [0.15, 0.2) is 77.7 Å². The summed E-state index contributed by atoms with van der Waals surface area (Å²) in [6, 6.07) is 19.2. The quantitative estimate of drug-likeness (QED) is 0.353. The molecule has 1 atom stereocenters. The molecule has 0 heterocycles. The summed E-state index contributed by atoms with van der Waals surface area (Å²) in [5.74, 6) is -0.704. The minimum absolute atomic E-state index is 0.000983. The smallest absolute Gasteiger partial charge is 0.264 e. The van der Waals surface area contributed by atoms with Crippen molar-refractivity contribution in [2.45, 2.75) is 57.6 Å². The number of amides is 2. The van der Waals surface area contributed by atoms with Gasteiger partial charge in [0.05, 0.1) is 17.7 Å². The van der Waals surface area contributed by atoms with E-state index in [1.165, 1.54) is 30.2 Å². The average Bonchev–Trinajstić information content (AvgIpc) is 2.89. The van der Waals surface area contributed by atoms with Gasteiger partial charge in [0.2, 0.25) is 11.8 Å². The van der Waals surface area contributed by atoms with Crippen LogP contribution in [0.5, 0.6) is 5.75 Å². The minimum atomic E-state index is -4.25. The molecule has 3 aromatic rings. The molecule has 0 aliphatic heterocycles. The largest absolute Gasteiger partial charge is 0.495 e. The van der Waals surface area contributed by atoms with E-state index in [-0.39, 0.29) is 33.8 Å². The zero-order valence-electron chi connectivity index (χ0n) is 23.6. The maximum atomic E-state index is 14.0. The Labute approximate surface area is 241 Å². The van der Waals surface area contributed by atoms with Crippen molar-refractivity contribution in [1.29, 1.82) is 0 Å². The molecule has 8 nitrogen and oxygen atoms in total. The summed E-state index contributed by atoms with van der Waals surface area (Å²) in [4.78, 5) is 28.6. The van der Waals surface area contributed by atoms with E-state index >= 15 is 0 Å². The van der Waals surface area contributed by atoms with Crippen molar-refractivity contribution >= 4 is 39.1 Å². The van der Waals surface area contributed by atoms with Crippen LogP contribution in [0, 0.1) is 6.92 Å². The predicted octanol–water partition coefficient (Wildman–Crippen LogP) is 5.18. The average molecular weight is 586 g/mol. The third kappa shape index (κ3) is 7.76. The Morgan fingerprint density at radius 1 is 1.00 bits per heavy atom. The molecule has 214 valence electrons. The number of ether oxygens (including phenoxy) is 1. The van der Waals surface area contributed by atoms with Crippen LogP contribution in [0.2, 0.25) is 5.02 Å². The molecule has 2 amide bonds. The van der Waals surface area contributed by atoms with Crippen LogP contribution < -0.4 is 14.4 Å². The molecule has 0 saturated heterocycles. The Balaban J connectivity index is 2.10. The highest BCUT2D eigenvalue weighted by atomic mass is 35.5. The SMILES string of the molecule is COc1ccc(Cl)cc1N(CC(=O)N(Cc1ccccc1)[C@@H](C)C(=O)NC(C)(C)C)S(=O)(=O)c1ccc(C)cc1. The van der Waals surface area contributed by atoms with E-state index in [0.717, 1.165) is 15.4 Å². The first-order chi connectivity index (χ1) is 18.7. The summed E-state index contributed by atoms with van der Waals surface area (Å²) in [5, 5.41) is 3.18. The van der Waals surface area contributed by atoms with Gasteiger partial charge in [0.25, 0.3) is 10.0 Å². The first kappa shape index (κ1) is 31.0. The van der Waals surface area contributed by atoms with Gasteiger partial charge in [0.15, 0.2) is 0 Å². The Morgan fingerprint density at radius 3 is 2.20 bits per heavy atom. The normalized spacial score (nSPS) is 12.4. The van der Waals surface area contributed by atoms with Gasteiger partial charge in [0, 0.05) is 17.1 Å². The van der Waals surface area contributed by atoms with Crippen molar-refractivity contribution in [3.05, 3.63) is 88.9 Å². The Hall–Kier alpha value is -3.56. The second-order valence-corrected chi connectivity index (χ2v) is 12.9. The van der Waals surface area contributed by atoms with Gasteiger partial charge >= 0.3 is 0 Å². The highest BCUT2D eigenvalue weighted by molar-refractivity contribution is 7.92. The zero-order valence-corrected chi connectivity index (χ0v) is 25.2. The van der Waals surface area contributed by atoms with Gasteiger partial charge in [-0.3, -0.25) is 13.9 Å². The summed E-state index contributed by atoms with van der Waals surface area (Å²) in [6.45, 7) is 8.53. The lowest BCUT2D eigenvalue weighted by atomic mass is 10.1. The topological polar surface area (TPSA) is 96.0 Å². The van der Waals surface area contributed by atoms with Crippen molar-refractivity contribution in [3.63, 3.8) is 0 Å². The Bertz CT molecular complexity index is 1440.